The number of halogens is 1. The first-order valence-corrected chi connectivity index (χ1v) is 15.2. The number of anilines is 1. The Balaban J connectivity index is 1.45. The van der Waals surface area contributed by atoms with Crippen LogP contribution in [0, 0.1) is 12.8 Å². The van der Waals surface area contributed by atoms with Gasteiger partial charge in [-0.3, -0.25) is 14.2 Å². The molecule has 0 N–H and O–H groups in total. The zero-order chi connectivity index (χ0) is 26.7. The van der Waals surface area contributed by atoms with Crippen LogP contribution in [0.4, 0.5) is 5.69 Å². The summed E-state index contributed by atoms with van der Waals surface area (Å²) < 4.78 is 1.66. The van der Waals surface area contributed by atoms with Crippen molar-refractivity contribution in [2.45, 2.75) is 69.8 Å². The van der Waals surface area contributed by atoms with E-state index in [2.05, 4.69) is 19.9 Å². The van der Waals surface area contributed by atoms with Crippen molar-refractivity contribution < 1.29 is 4.79 Å². The predicted molar refractivity (Wildman–Crippen MR) is 159 cm³/mol. The number of fused-ring (bicyclic) bond motifs is 4. The third-order valence-corrected chi connectivity index (χ3v) is 10.4. The monoisotopic (exact) mass is 563 g/mol. The summed E-state index contributed by atoms with van der Waals surface area (Å²) in [6.07, 6.45) is 3.80. The van der Waals surface area contributed by atoms with E-state index in [1.807, 2.05) is 55.1 Å². The smallest absolute Gasteiger partial charge is 0.267 e. The highest BCUT2D eigenvalue weighted by atomic mass is 35.5. The van der Waals surface area contributed by atoms with Crippen LogP contribution in [0.1, 0.15) is 48.8 Å². The fourth-order valence-corrected chi connectivity index (χ4v) is 8.28. The number of para-hydroxylation sites is 1. The van der Waals surface area contributed by atoms with E-state index in [9.17, 15) is 9.59 Å². The number of hydrogen-bond donors (Lipinski definition) is 0. The van der Waals surface area contributed by atoms with Gasteiger partial charge in [0.1, 0.15) is 4.83 Å². The maximum absolute atomic E-state index is 14.2. The van der Waals surface area contributed by atoms with Crippen LogP contribution in [0.25, 0.3) is 15.9 Å². The molecule has 196 valence electrons. The Morgan fingerprint density at radius 2 is 1.97 bits per heavy atom. The molecule has 3 atom stereocenters. The van der Waals surface area contributed by atoms with Gasteiger partial charge in [-0.2, -0.15) is 0 Å². The van der Waals surface area contributed by atoms with Crippen molar-refractivity contribution in [1.29, 1.82) is 0 Å². The average Bonchev–Trinajstić information content (AvgIpc) is 3.41. The summed E-state index contributed by atoms with van der Waals surface area (Å²) >= 11 is 9.48. The summed E-state index contributed by atoms with van der Waals surface area (Å²) in [5.41, 5.74) is 4.85. The molecule has 0 fully saturated rings. The molecule has 0 radical (unpaired) electrons. The number of rotatable bonds is 4. The van der Waals surface area contributed by atoms with Crippen molar-refractivity contribution in [3.05, 3.63) is 79.4 Å². The van der Waals surface area contributed by atoms with Crippen LogP contribution in [0.3, 0.4) is 0 Å². The first-order valence-electron chi connectivity index (χ1n) is 13.1. The topological polar surface area (TPSA) is 55.2 Å². The van der Waals surface area contributed by atoms with E-state index < -0.39 is 5.25 Å². The minimum absolute atomic E-state index is 0.0228. The van der Waals surface area contributed by atoms with Crippen molar-refractivity contribution in [3.8, 4) is 5.69 Å². The SMILES string of the molecule is Cc1ccc(-n2c(SC(C)C(=O)N3c4ccccc4CC3C)nc3sc4c(c3c2=O)CCC(C)C4)cc1Cl. The van der Waals surface area contributed by atoms with Crippen LogP contribution < -0.4 is 10.5 Å². The molecule has 5 nitrogen and oxygen atoms in total. The second-order valence-corrected chi connectivity index (χ2v) is 13.4. The highest BCUT2D eigenvalue weighted by Crippen LogP contribution is 2.39. The Morgan fingerprint density at radius 1 is 1.18 bits per heavy atom. The van der Waals surface area contributed by atoms with Gasteiger partial charge in [-0.1, -0.05) is 54.6 Å². The Bertz CT molecular complexity index is 1640. The van der Waals surface area contributed by atoms with E-state index in [1.54, 1.807) is 15.9 Å². The van der Waals surface area contributed by atoms with Gasteiger partial charge in [0.15, 0.2) is 5.16 Å². The number of carbonyl (C=O) groups excluding carboxylic acids is 1. The van der Waals surface area contributed by atoms with E-state index in [1.165, 1.54) is 22.2 Å². The molecule has 2 aromatic carbocycles. The zero-order valence-corrected chi connectivity index (χ0v) is 24.3. The molecule has 6 rings (SSSR count). The van der Waals surface area contributed by atoms with Gasteiger partial charge in [-0.25, -0.2) is 4.98 Å². The molecule has 0 saturated carbocycles. The highest BCUT2D eigenvalue weighted by Gasteiger charge is 2.34. The fraction of sp³-hybridized carbons (Fsp3) is 0.367. The van der Waals surface area contributed by atoms with Crippen LogP contribution in [0.5, 0.6) is 0 Å². The van der Waals surface area contributed by atoms with Crippen LogP contribution in [0.15, 0.2) is 52.4 Å². The van der Waals surface area contributed by atoms with Crippen LogP contribution >= 0.6 is 34.7 Å². The molecule has 3 unspecified atom stereocenters. The van der Waals surface area contributed by atoms with Gasteiger partial charge in [0.25, 0.3) is 5.56 Å². The first-order chi connectivity index (χ1) is 18.2. The maximum Gasteiger partial charge on any atom is 0.267 e. The third kappa shape index (κ3) is 4.29. The molecule has 0 bridgehead atoms. The van der Waals surface area contributed by atoms with Gasteiger partial charge < -0.3 is 4.90 Å². The maximum atomic E-state index is 14.2. The summed E-state index contributed by atoms with van der Waals surface area (Å²) in [6.45, 7) is 8.20. The van der Waals surface area contributed by atoms with Crippen LogP contribution in [0.2, 0.25) is 5.02 Å². The lowest BCUT2D eigenvalue weighted by atomic mass is 9.89. The minimum atomic E-state index is -0.435. The normalized spacial score (nSPS) is 19.4. The molecule has 2 aliphatic rings. The molecular weight excluding hydrogens is 534 g/mol. The first kappa shape index (κ1) is 25.7. The molecule has 1 aliphatic carbocycles. The standard InChI is InChI=1S/C30H30ClN3O2S2/c1-16-9-12-22-25(13-16)38-27-26(22)29(36)34(21-11-10-17(2)23(31)15-21)30(32-27)37-19(4)28(35)33-18(3)14-20-7-5-6-8-24(20)33/h5-8,10-11,15-16,18-19H,9,12-14H2,1-4H3. The molecule has 1 aliphatic heterocycles. The molecule has 4 aromatic rings. The Hall–Kier alpha value is -2.61. The quantitative estimate of drug-likeness (QED) is 0.198. The number of aromatic nitrogens is 2. The summed E-state index contributed by atoms with van der Waals surface area (Å²) in [7, 11) is 0. The van der Waals surface area contributed by atoms with Gasteiger partial charge in [-0.15, -0.1) is 11.3 Å². The van der Waals surface area contributed by atoms with Gasteiger partial charge >= 0.3 is 0 Å². The van der Waals surface area contributed by atoms with Crippen molar-refractivity contribution in [1.82, 2.24) is 9.55 Å². The van der Waals surface area contributed by atoms with Gasteiger partial charge in [0, 0.05) is 21.6 Å². The molecule has 0 spiro atoms. The lowest BCUT2D eigenvalue weighted by molar-refractivity contribution is -0.118. The highest BCUT2D eigenvalue weighted by molar-refractivity contribution is 8.00. The van der Waals surface area contributed by atoms with Gasteiger partial charge in [0.2, 0.25) is 5.91 Å². The number of nitrogens with zero attached hydrogens (tertiary/aromatic N) is 3. The number of thiophene rings is 1. The lowest BCUT2D eigenvalue weighted by Gasteiger charge is -2.26. The van der Waals surface area contributed by atoms with Crippen molar-refractivity contribution in [3.63, 3.8) is 0 Å². The zero-order valence-electron chi connectivity index (χ0n) is 22.0. The summed E-state index contributed by atoms with van der Waals surface area (Å²) in [6, 6.07) is 13.8. The molecule has 38 heavy (non-hydrogen) atoms. The van der Waals surface area contributed by atoms with E-state index in [4.69, 9.17) is 16.6 Å². The predicted octanol–water partition coefficient (Wildman–Crippen LogP) is 6.99. The summed E-state index contributed by atoms with van der Waals surface area (Å²) in [5.74, 6) is 0.625. The summed E-state index contributed by atoms with van der Waals surface area (Å²) in [5, 5.41) is 1.40. The number of benzene rings is 2. The number of carbonyl (C=O) groups is 1. The fourth-order valence-electron chi connectivity index (χ4n) is 5.70. The molecule has 2 aromatic heterocycles. The largest absolute Gasteiger partial charge is 0.308 e. The molecular formula is C30H30ClN3O2S2. The molecule has 3 heterocycles. The third-order valence-electron chi connectivity index (χ3n) is 7.79. The Labute approximate surface area is 235 Å². The van der Waals surface area contributed by atoms with Crippen molar-refractivity contribution in [2.75, 3.05) is 4.90 Å². The number of thioether (sulfide) groups is 1. The van der Waals surface area contributed by atoms with E-state index >= 15 is 0 Å². The van der Waals surface area contributed by atoms with E-state index in [0.717, 1.165) is 52.7 Å². The van der Waals surface area contributed by atoms with Crippen molar-refractivity contribution in [2.24, 2.45) is 5.92 Å². The summed E-state index contributed by atoms with van der Waals surface area (Å²) in [4.78, 5) is 36.9. The number of aryl methyl sites for hydroxylation is 2. The van der Waals surface area contributed by atoms with Gasteiger partial charge in [-0.05, 0) is 87.3 Å². The lowest BCUT2D eigenvalue weighted by Crippen LogP contribution is -2.40. The number of hydrogen-bond acceptors (Lipinski definition) is 5. The minimum Gasteiger partial charge on any atom is -0.308 e. The molecule has 0 saturated heterocycles. The molecule has 8 heteroatoms. The average molecular weight is 564 g/mol. The van der Waals surface area contributed by atoms with E-state index in [-0.39, 0.29) is 17.5 Å². The second kappa shape index (κ2) is 9.85. The van der Waals surface area contributed by atoms with Gasteiger partial charge in [0.05, 0.1) is 16.3 Å². The van der Waals surface area contributed by atoms with E-state index in [0.29, 0.717) is 21.8 Å². The Morgan fingerprint density at radius 3 is 2.76 bits per heavy atom. The Kier molecular flexibility index (Phi) is 6.65. The molecule has 1 amide bonds. The van der Waals surface area contributed by atoms with Crippen LogP contribution in [-0.4, -0.2) is 26.8 Å². The van der Waals surface area contributed by atoms with Crippen molar-refractivity contribution >= 4 is 56.5 Å². The second-order valence-electron chi connectivity index (χ2n) is 10.7. The van der Waals surface area contributed by atoms with Crippen LogP contribution in [-0.2, 0) is 24.1 Å². The number of amides is 1.